The van der Waals surface area contributed by atoms with Crippen LogP contribution in [0.4, 0.5) is 0 Å². The molecule has 2 saturated carbocycles. The van der Waals surface area contributed by atoms with Crippen molar-refractivity contribution in [2.24, 2.45) is 28.6 Å². The molecule has 0 bridgehead atoms. The molecule has 0 heterocycles. The van der Waals surface area contributed by atoms with Crippen LogP contribution in [-0.4, -0.2) is 34.3 Å². The van der Waals surface area contributed by atoms with E-state index >= 15 is 0 Å². The SMILES string of the molecule is C=C1C(=C)[C@@]2(C)C(=CC1=O)C(Cl)=C[C@@H]1[C@@H]2CC[C@@]2(C)[C@H]1C(O)C[C@]2(OC(C)=O)C(C)=O. The summed E-state index contributed by atoms with van der Waals surface area (Å²) >= 11 is 6.72. The Kier molecular flexibility index (Phi) is 4.84. The molecule has 1 unspecified atom stereocenters. The molecular weight excluding hydrogens is 416 g/mol. The van der Waals surface area contributed by atoms with Crippen molar-refractivity contribution in [2.75, 3.05) is 0 Å². The fourth-order valence-electron chi connectivity index (χ4n) is 7.20. The molecule has 6 heteroatoms. The summed E-state index contributed by atoms with van der Waals surface area (Å²) in [5.74, 6) is -1.45. The third-order valence-corrected chi connectivity index (χ3v) is 9.10. The molecule has 4 aliphatic rings. The minimum Gasteiger partial charge on any atom is -0.451 e. The fourth-order valence-corrected chi connectivity index (χ4v) is 7.60. The minimum atomic E-state index is -1.37. The first-order valence-corrected chi connectivity index (χ1v) is 11.1. The van der Waals surface area contributed by atoms with E-state index in [1.807, 2.05) is 19.9 Å². The van der Waals surface area contributed by atoms with Gasteiger partial charge in [0.2, 0.25) is 0 Å². The number of fused-ring (bicyclic) bond motifs is 5. The van der Waals surface area contributed by atoms with Crippen molar-refractivity contribution < 1.29 is 24.2 Å². The summed E-state index contributed by atoms with van der Waals surface area (Å²) in [5, 5.41) is 11.7. The van der Waals surface area contributed by atoms with Crippen LogP contribution in [-0.2, 0) is 19.1 Å². The molecule has 166 valence electrons. The van der Waals surface area contributed by atoms with Gasteiger partial charge in [0.1, 0.15) is 0 Å². The van der Waals surface area contributed by atoms with Crippen LogP contribution in [0.1, 0.15) is 47.0 Å². The number of aliphatic hydroxyl groups is 1. The number of allylic oxidation sites excluding steroid dienone is 6. The number of esters is 1. The van der Waals surface area contributed by atoms with E-state index in [1.165, 1.54) is 13.8 Å². The lowest BCUT2D eigenvalue weighted by Gasteiger charge is -2.58. The molecule has 4 rings (SSSR count). The van der Waals surface area contributed by atoms with E-state index in [1.54, 1.807) is 6.08 Å². The number of ether oxygens (including phenoxy) is 1. The number of carbonyl (C=O) groups excluding carboxylic acids is 3. The van der Waals surface area contributed by atoms with Crippen LogP contribution in [0.2, 0.25) is 0 Å². The highest BCUT2D eigenvalue weighted by Gasteiger charge is 2.71. The smallest absolute Gasteiger partial charge is 0.303 e. The molecule has 5 nitrogen and oxygen atoms in total. The average Bonchev–Trinajstić information content (AvgIpc) is 2.89. The molecule has 0 spiro atoms. The van der Waals surface area contributed by atoms with Gasteiger partial charge in [-0.25, -0.2) is 0 Å². The molecule has 0 aromatic carbocycles. The van der Waals surface area contributed by atoms with Gasteiger partial charge in [-0.1, -0.05) is 44.7 Å². The van der Waals surface area contributed by atoms with Crippen molar-refractivity contribution in [1.29, 1.82) is 0 Å². The number of rotatable bonds is 2. The van der Waals surface area contributed by atoms with Crippen LogP contribution >= 0.6 is 11.6 Å². The van der Waals surface area contributed by atoms with Gasteiger partial charge in [-0.2, -0.15) is 0 Å². The van der Waals surface area contributed by atoms with Crippen LogP contribution < -0.4 is 0 Å². The Bertz CT molecular complexity index is 1010. The van der Waals surface area contributed by atoms with Gasteiger partial charge in [0, 0.05) is 40.7 Å². The van der Waals surface area contributed by atoms with E-state index in [-0.39, 0.29) is 35.7 Å². The van der Waals surface area contributed by atoms with Gasteiger partial charge < -0.3 is 9.84 Å². The molecular formula is C25H29ClO5. The van der Waals surface area contributed by atoms with Crippen LogP contribution in [0.5, 0.6) is 0 Å². The molecule has 1 N–H and O–H groups in total. The summed E-state index contributed by atoms with van der Waals surface area (Å²) in [7, 11) is 0. The van der Waals surface area contributed by atoms with Crippen molar-refractivity contribution >= 4 is 29.1 Å². The molecule has 0 aliphatic heterocycles. The van der Waals surface area contributed by atoms with Gasteiger partial charge >= 0.3 is 5.97 Å². The van der Waals surface area contributed by atoms with E-state index in [9.17, 15) is 19.5 Å². The van der Waals surface area contributed by atoms with Gasteiger partial charge in [-0.15, -0.1) is 0 Å². The third kappa shape index (κ3) is 2.62. The zero-order valence-electron chi connectivity index (χ0n) is 18.5. The highest BCUT2D eigenvalue weighted by Crippen LogP contribution is 2.68. The van der Waals surface area contributed by atoms with Crippen molar-refractivity contribution in [3.05, 3.63) is 47.1 Å². The average molecular weight is 445 g/mol. The Morgan fingerprint density at radius 2 is 1.90 bits per heavy atom. The van der Waals surface area contributed by atoms with Gasteiger partial charge in [0.15, 0.2) is 17.2 Å². The van der Waals surface area contributed by atoms with E-state index < -0.39 is 28.5 Å². The lowest BCUT2D eigenvalue weighted by Crippen LogP contribution is -2.58. The van der Waals surface area contributed by atoms with Crippen LogP contribution in [0.15, 0.2) is 47.1 Å². The maximum absolute atomic E-state index is 12.9. The molecule has 2 fully saturated rings. The predicted molar refractivity (Wildman–Crippen MR) is 117 cm³/mol. The molecule has 31 heavy (non-hydrogen) atoms. The predicted octanol–water partition coefficient (Wildman–Crippen LogP) is 4.05. The zero-order chi connectivity index (χ0) is 23.1. The Morgan fingerprint density at radius 1 is 1.26 bits per heavy atom. The van der Waals surface area contributed by atoms with Gasteiger partial charge in [0.25, 0.3) is 0 Å². The topological polar surface area (TPSA) is 80.7 Å². The molecule has 0 radical (unpaired) electrons. The second kappa shape index (κ2) is 6.76. The van der Waals surface area contributed by atoms with Crippen LogP contribution in [0, 0.1) is 28.6 Å². The Morgan fingerprint density at radius 3 is 2.48 bits per heavy atom. The second-order valence-electron chi connectivity index (χ2n) is 10.0. The van der Waals surface area contributed by atoms with Crippen LogP contribution in [0.3, 0.4) is 0 Å². The number of aliphatic hydroxyl groups excluding tert-OH is 1. The van der Waals surface area contributed by atoms with Gasteiger partial charge in [-0.05, 0) is 48.8 Å². The Hall–Kier alpha value is -1.98. The summed E-state index contributed by atoms with van der Waals surface area (Å²) < 4.78 is 5.70. The summed E-state index contributed by atoms with van der Waals surface area (Å²) in [6.07, 6.45) is 4.01. The quantitative estimate of drug-likeness (QED) is 0.513. The zero-order valence-corrected chi connectivity index (χ0v) is 19.2. The molecule has 7 atom stereocenters. The number of halogens is 1. The maximum atomic E-state index is 12.9. The fraction of sp³-hybridized carbons (Fsp3) is 0.560. The van der Waals surface area contributed by atoms with Crippen molar-refractivity contribution in [3.8, 4) is 0 Å². The first-order chi connectivity index (χ1) is 14.3. The Balaban J connectivity index is 1.88. The third-order valence-electron chi connectivity index (χ3n) is 8.77. The highest BCUT2D eigenvalue weighted by atomic mass is 35.5. The van der Waals surface area contributed by atoms with Crippen molar-refractivity contribution in [2.45, 2.75) is 58.7 Å². The Labute approximate surface area is 187 Å². The first-order valence-electron chi connectivity index (χ1n) is 10.7. The van der Waals surface area contributed by atoms with Crippen LogP contribution in [0.25, 0.3) is 0 Å². The monoisotopic (exact) mass is 444 g/mol. The standard InChI is InChI=1S/C25H29ClO5/c1-12-13(2)24(6)17-7-8-23(5)22(16(17)9-19(26)18(24)10-20(12)29)21(30)11-25(23,14(3)27)31-15(4)28/h9-10,16-17,21-22,30H,1-2,7-8,11H2,3-6H3/t16-,17+,21?,22-,23+,24-,25+/m1/s1. The minimum absolute atomic E-state index is 0.0198. The first kappa shape index (κ1) is 22.2. The molecule has 0 aromatic heterocycles. The lowest BCUT2D eigenvalue weighted by molar-refractivity contribution is -0.184. The largest absolute Gasteiger partial charge is 0.451 e. The summed E-state index contributed by atoms with van der Waals surface area (Å²) in [6.45, 7) is 14.9. The molecule has 0 amide bonds. The van der Waals surface area contributed by atoms with Gasteiger partial charge in [0.05, 0.1) is 6.10 Å². The number of hydrogen-bond donors (Lipinski definition) is 1. The summed E-state index contributed by atoms with van der Waals surface area (Å²) in [6, 6.07) is 0. The summed E-state index contributed by atoms with van der Waals surface area (Å²) in [4.78, 5) is 37.2. The van der Waals surface area contributed by atoms with E-state index in [4.69, 9.17) is 16.3 Å². The van der Waals surface area contributed by atoms with E-state index in [0.717, 1.165) is 5.57 Å². The highest BCUT2D eigenvalue weighted by molar-refractivity contribution is 6.33. The normalized spacial score (nSPS) is 44.0. The lowest BCUT2D eigenvalue weighted by atomic mass is 9.46. The molecule has 0 saturated heterocycles. The summed E-state index contributed by atoms with van der Waals surface area (Å²) in [5.41, 5.74) is -0.912. The van der Waals surface area contributed by atoms with Crippen molar-refractivity contribution in [3.63, 3.8) is 0 Å². The second-order valence-corrected chi connectivity index (χ2v) is 10.4. The van der Waals surface area contributed by atoms with Gasteiger partial charge in [-0.3, -0.25) is 14.4 Å². The van der Waals surface area contributed by atoms with E-state index in [2.05, 4.69) is 13.2 Å². The maximum Gasteiger partial charge on any atom is 0.303 e. The van der Waals surface area contributed by atoms with E-state index in [0.29, 0.717) is 29.0 Å². The van der Waals surface area contributed by atoms with Crippen molar-refractivity contribution in [1.82, 2.24) is 0 Å². The number of hydrogen-bond acceptors (Lipinski definition) is 5. The molecule has 4 aliphatic carbocycles. The number of carbonyl (C=O) groups is 3. The number of Topliss-reactive ketones (excluding diaryl/α,β-unsaturated/α-hetero) is 1. The molecule has 0 aromatic rings. The number of ketones is 2.